The molecule has 2 atom stereocenters. The molecule has 0 bridgehead atoms. The first kappa shape index (κ1) is 20.5. The zero-order chi connectivity index (χ0) is 21.0. The van der Waals surface area contributed by atoms with Crippen molar-refractivity contribution in [1.82, 2.24) is 9.97 Å². The Balaban J connectivity index is 0.00000231. The van der Waals surface area contributed by atoms with E-state index in [0.717, 1.165) is 5.56 Å². The van der Waals surface area contributed by atoms with Gasteiger partial charge in [-0.05, 0) is 42.3 Å². The van der Waals surface area contributed by atoms with Gasteiger partial charge in [0.25, 0.3) is 11.8 Å². The van der Waals surface area contributed by atoms with Crippen LogP contribution in [0.4, 0.5) is 15.9 Å². The van der Waals surface area contributed by atoms with Crippen LogP contribution in [0.1, 0.15) is 41.9 Å². The maximum Gasteiger partial charge on any atom is 0.267 e. The lowest BCUT2D eigenvalue weighted by molar-refractivity contribution is -0.125. The number of pyridine rings is 2. The lowest BCUT2D eigenvalue weighted by Crippen LogP contribution is -2.42. The van der Waals surface area contributed by atoms with Crippen LogP contribution in [0.3, 0.4) is 0 Å². The summed E-state index contributed by atoms with van der Waals surface area (Å²) in [5.41, 5.74) is 2.53. The molecule has 0 radical (unpaired) electrons. The van der Waals surface area contributed by atoms with Gasteiger partial charge in [0.15, 0.2) is 6.10 Å². The third-order valence-corrected chi connectivity index (χ3v) is 5.43. The van der Waals surface area contributed by atoms with Crippen molar-refractivity contribution in [3.63, 3.8) is 0 Å². The summed E-state index contributed by atoms with van der Waals surface area (Å²) in [6.45, 7) is 1.65. The van der Waals surface area contributed by atoms with E-state index < -0.39 is 18.1 Å². The molecule has 1 aromatic carbocycles. The van der Waals surface area contributed by atoms with Gasteiger partial charge >= 0.3 is 0 Å². The number of nitrogens with zero attached hydrogens (tertiary/aromatic N) is 4. The Hall–Kier alpha value is -3.81. The molecular weight excluding hydrogens is 399 g/mol. The molecule has 3 aromatic rings. The van der Waals surface area contributed by atoms with Crippen molar-refractivity contribution >= 4 is 23.3 Å². The fourth-order valence-corrected chi connectivity index (χ4v) is 3.94. The predicted octanol–water partition coefficient (Wildman–Crippen LogP) is 3.75. The minimum Gasteiger partial charge on any atom is -0.463 e. The molecule has 2 aliphatic heterocycles. The smallest absolute Gasteiger partial charge is 0.267 e. The number of anilines is 2. The zero-order valence-corrected chi connectivity index (χ0v) is 16.2. The van der Waals surface area contributed by atoms with Crippen molar-refractivity contribution in [2.24, 2.45) is 0 Å². The Labute approximate surface area is 179 Å². The van der Waals surface area contributed by atoms with Gasteiger partial charge in [0, 0.05) is 18.8 Å². The van der Waals surface area contributed by atoms with Crippen molar-refractivity contribution in [3.8, 4) is 5.88 Å². The largest absolute Gasteiger partial charge is 0.463 e. The average Bonchev–Trinajstić information content (AvgIpc) is 3.05. The van der Waals surface area contributed by atoms with Gasteiger partial charge in [-0.25, -0.2) is 4.98 Å². The van der Waals surface area contributed by atoms with E-state index in [1.165, 1.54) is 17.2 Å². The molecular formula is C23H21FN4O3. The summed E-state index contributed by atoms with van der Waals surface area (Å²) in [6, 6.07) is 13.0. The van der Waals surface area contributed by atoms with Crippen LogP contribution in [-0.2, 0) is 4.79 Å². The summed E-state index contributed by atoms with van der Waals surface area (Å²) >= 11 is 0. The highest BCUT2D eigenvalue weighted by Crippen LogP contribution is 2.42. The molecule has 8 heteroatoms. The summed E-state index contributed by atoms with van der Waals surface area (Å²) in [5.74, 6) is -0.330. The van der Waals surface area contributed by atoms with Crippen LogP contribution in [0.25, 0.3) is 0 Å². The quantitative estimate of drug-likeness (QED) is 0.591. The van der Waals surface area contributed by atoms with E-state index in [0.29, 0.717) is 22.6 Å². The van der Waals surface area contributed by atoms with E-state index in [1.807, 2.05) is 12.1 Å². The maximum absolute atomic E-state index is 13.4. The van der Waals surface area contributed by atoms with E-state index in [9.17, 15) is 14.0 Å². The van der Waals surface area contributed by atoms with Gasteiger partial charge in [-0.3, -0.25) is 14.5 Å². The minimum absolute atomic E-state index is 0. The normalized spacial score (nSPS) is 19.5. The topological polar surface area (TPSA) is 75.6 Å². The first-order valence-electron chi connectivity index (χ1n) is 9.45. The standard InChI is InChI=1S/C22H17FN4O3.CH4/c1-12-21(28)26(2)16-8-10-18(25-20(16)30-12)27-19(13-7-9-17(23)24-11-13)14-5-3-4-6-15(14)22(27)29;/h3-12,19H,1-2H3;1H4/t12-,19?;/m1./s1. The van der Waals surface area contributed by atoms with Gasteiger partial charge in [-0.1, -0.05) is 31.7 Å². The first-order valence-corrected chi connectivity index (χ1v) is 9.45. The molecule has 7 nitrogen and oxygen atoms in total. The molecule has 2 aromatic heterocycles. The van der Waals surface area contributed by atoms with Crippen LogP contribution in [0.15, 0.2) is 54.7 Å². The number of fused-ring (bicyclic) bond motifs is 2. The molecule has 2 aliphatic rings. The van der Waals surface area contributed by atoms with Crippen molar-refractivity contribution in [3.05, 3.63) is 77.4 Å². The molecule has 0 saturated carbocycles. The van der Waals surface area contributed by atoms with E-state index in [-0.39, 0.29) is 25.1 Å². The van der Waals surface area contributed by atoms with Gasteiger partial charge in [0.05, 0.1) is 6.04 Å². The highest BCUT2D eigenvalue weighted by Gasteiger charge is 2.40. The molecule has 4 heterocycles. The van der Waals surface area contributed by atoms with E-state index >= 15 is 0 Å². The number of hydrogen-bond acceptors (Lipinski definition) is 5. The molecule has 0 saturated heterocycles. The summed E-state index contributed by atoms with van der Waals surface area (Å²) in [5, 5.41) is 0. The molecule has 0 fully saturated rings. The number of likely N-dealkylation sites (N-methyl/N-ethyl adjacent to an activating group) is 1. The summed E-state index contributed by atoms with van der Waals surface area (Å²) in [7, 11) is 1.66. The molecule has 158 valence electrons. The SMILES string of the molecule is C.C[C@H]1Oc2nc(N3C(=O)c4ccccc4C3c3ccc(F)nc3)ccc2N(C)C1=O. The van der Waals surface area contributed by atoms with Crippen molar-refractivity contribution in [2.45, 2.75) is 26.5 Å². The van der Waals surface area contributed by atoms with Crippen LogP contribution in [0, 0.1) is 5.95 Å². The van der Waals surface area contributed by atoms with E-state index in [4.69, 9.17) is 4.74 Å². The second kappa shape index (κ2) is 7.46. The Morgan fingerprint density at radius 1 is 1.06 bits per heavy atom. The van der Waals surface area contributed by atoms with Crippen LogP contribution in [0.2, 0.25) is 0 Å². The highest BCUT2D eigenvalue weighted by molar-refractivity contribution is 6.11. The number of carbonyl (C=O) groups is 2. The molecule has 0 N–H and O–H groups in total. The average molecular weight is 420 g/mol. The summed E-state index contributed by atoms with van der Waals surface area (Å²) in [6.07, 6.45) is 0.750. The van der Waals surface area contributed by atoms with Crippen molar-refractivity contribution in [1.29, 1.82) is 0 Å². The minimum atomic E-state index is -0.672. The molecule has 0 spiro atoms. The molecule has 5 rings (SSSR count). The van der Waals surface area contributed by atoms with Crippen LogP contribution < -0.4 is 14.5 Å². The van der Waals surface area contributed by atoms with Crippen LogP contribution in [0.5, 0.6) is 5.88 Å². The third-order valence-electron chi connectivity index (χ3n) is 5.43. The monoisotopic (exact) mass is 420 g/mol. The Morgan fingerprint density at radius 3 is 2.58 bits per heavy atom. The lowest BCUT2D eigenvalue weighted by Gasteiger charge is -2.31. The number of carbonyl (C=O) groups excluding carboxylic acids is 2. The molecule has 1 unspecified atom stereocenters. The van der Waals surface area contributed by atoms with Crippen LogP contribution in [-0.4, -0.2) is 34.9 Å². The van der Waals surface area contributed by atoms with E-state index in [1.54, 1.807) is 49.2 Å². The fourth-order valence-electron chi connectivity index (χ4n) is 3.94. The van der Waals surface area contributed by atoms with Gasteiger partial charge in [0.1, 0.15) is 11.5 Å². The van der Waals surface area contributed by atoms with E-state index in [2.05, 4.69) is 9.97 Å². The Kier molecular flexibility index (Phi) is 4.93. The zero-order valence-electron chi connectivity index (χ0n) is 16.2. The maximum atomic E-state index is 13.4. The third kappa shape index (κ3) is 3.11. The van der Waals surface area contributed by atoms with Gasteiger partial charge in [0.2, 0.25) is 11.8 Å². The Bertz CT molecular complexity index is 1180. The number of amides is 2. The second-order valence-electron chi connectivity index (χ2n) is 7.23. The number of hydrogen-bond donors (Lipinski definition) is 0. The number of rotatable bonds is 2. The summed E-state index contributed by atoms with van der Waals surface area (Å²) < 4.78 is 19.1. The number of aromatic nitrogens is 2. The predicted molar refractivity (Wildman–Crippen MR) is 114 cm³/mol. The van der Waals surface area contributed by atoms with Crippen molar-refractivity contribution < 1.29 is 18.7 Å². The molecule has 0 aliphatic carbocycles. The number of halogens is 1. The van der Waals surface area contributed by atoms with Crippen LogP contribution >= 0.6 is 0 Å². The van der Waals surface area contributed by atoms with Gasteiger partial charge in [-0.2, -0.15) is 9.37 Å². The second-order valence-corrected chi connectivity index (χ2v) is 7.23. The number of ether oxygens (including phenoxy) is 1. The Morgan fingerprint density at radius 2 is 1.84 bits per heavy atom. The van der Waals surface area contributed by atoms with Gasteiger partial charge in [-0.15, -0.1) is 0 Å². The first-order chi connectivity index (χ1) is 14.5. The number of benzene rings is 1. The molecule has 2 amide bonds. The fraction of sp³-hybridized carbons (Fsp3) is 0.217. The van der Waals surface area contributed by atoms with Gasteiger partial charge < -0.3 is 9.64 Å². The van der Waals surface area contributed by atoms with Crippen molar-refractivity contribution in [2.75, 3.05) is 16.8 Å². The molecule has 31 heavy (non-hydrogen) atoms. The summed E-state index contributed by atoms with van der Waals surface area (Å²) in [4.78, 5) is 36.8. The highest BCUT2D eigenvalue weighted by atomic mass is 19.1. The lowest BCUT2D eigenvalue weighted by atomic mass is 9.99.